The molecule has 1 amide bonds. The molecule has 3 aromatic heterocycles. The van der Waals surface area contributed by atoms with E-state index in [0.717, 1.165) is 34.1 Å². The lowest BCUT2D eigenvalue weighted by atomic mass is 10.3. The molecule has 0 bridgehead atoms. The van der Waals surface area contributed by atoms with Crippen molar-refractivity contribution in [3.05, 3.63) is 48.6 Å². The number of thioether (sulfide) groups is 1. The number of hydrogen-bond acceptors (Lipinski definition) is 9. The van der Waals surface area contributed by atoms with Crippen LogP contribution in [0.5, 0.6) is 0 Å². The lowest BCUT2D eigenvalue weighted by Gasteiger charge is -2.35. The summed E-state index contributed by atoms with van der Waals surface area (Å²) in [6.07, 6.45) is 3.43. The molecule has 10 heteroatoms. The van der Waals surface area contributed by atoms with Gasteiger partial charge in [0, 0.05) is 32.4 Å². The van der Waals surface area contributed by atoms with Crippen molar-refractivity contribution in [2.45, 2.75) is 10.9 Å². The predicted molar refractivity (Wildman–Crippen MR) is 110 cm³/mol. The summed E-state index contributed by atoms with van der Waals surface area (Å²) < 4.78 is 6.06. The summed E-state index contributed by atoms with van der Waals surface area (Å²) in [6.45, 7) is 3.58. The molecule has 1 saturated heterocycles. The van der Waals surface area contributed by atoms with Gasteiger partial charge in [-0.1, -0.05) is 29.2 Å². The first-order chi connectivity index (χ1) is 13.8. The molecule has 0 aliphatic carbocycles. The maximum Gasteiger partial charge on any atom is 0.233 e. The molecular weight excluding hydrogens is 396 g/mol. The second kappa shape index (κ2) is 9.07. The number of aromatic nitrogens is 3. The standard InChI is InChI=1S/C18H20N6O2S2/c25-16(24-9-7-23(8-10-24)15-5-1-2-6-19-15)13-27-18-22-21-17(28-18)20-12-14-4-3-11-26-14/h1-6,11H,7-10,12-13H2,(H,20,21). The molecule has 1 aliphatic heterocycles. The van der Waals surface area contributed by atoms with Gasteiger partial charge in [-0.25, -0.2) is 4.98 Å². The summed E-state index contributed by atoms with van der Waals surface area (Å²) in [4.78, 5) is 21.0. The number of furan rings is 1. The van der Waals surface area contributed by atoms with E-state index in [0.29, 0.717) is 25.4 Å². The smallest absolute Gasteiger partial charge is 0.233 e. The highest BCUT2D eigenvalue weighted by Crippen LogP contribution is 2.26. The van der Waals surface area contributed by atoms with Crippen molar-refractivity contribution >= 4 is 40.0 Å². The van der Waals surface area contributed by atoms with E-state index in [9.17, 15) is 4.79 Å². The Balaban J connectivity index is 1.21. The Morgan fingerprint density at radius 1 is 1.18 bits per heavy atom. The highest BCUT2D eigenvalue weighted by atomic mass is 32.2. The third kappa shape index (κ3) is 4.82. The SMILES string of the molecule is O=C(CSc1nnc(NCc2ccco2)s1)N1CCN(c2ccccn2)CC1. The van der Waals surface area contributed by atoms with Crippen LogP contribution in [-0.2, 0) is 11.3 Å². The number of carbonyl (C=O) groups is 1. The van der Waals surface area contributed by atoms with Crippen LogP contribution in [0.15, 0.2) is 51.5 Å². The second-order valence-electron chi connectivity index (χ2n) is 6.15. The fourth-order valence-corrected chi connectivity index (χ4v) is 4.51. The molecule has 4 rings (SSSR count). The fraction of sp³-hybridized carbons (Fsp3) is 0.333. The second-order valence-corrected chi connectivity index (χ2v) is 8.35. The van der Waals surface area contributed by atoms with Crippen molar-refractivity contribution in [1.82, 2.24) is 20.1 Å². The molecule has 0 unspecified atom stereocenters. The molecule has 1 aliphatic rings. The minimum absolute atomic E-state index is 0.131. The zero-order valence-electron chi connectivity index (χ0n) is 15.2. The third-order valence-corrected chi connectivity index (χ3v) is 6.32. The van der Waals surface area contributed by atoms with Gasteiger partial charge >= 0.3 is 0 Å². The van der Waals surface area contributed by atoms with Gasteiger partial charge in [-0.15, -0.1) is 10.2 Å². The number of piperazine rings is 1. The Hall–Kier alpha value is -2.59. The number of rotatable bonds is 7. The van der Waals surface area contributed by atoms with Crippen LogP contribution in [-0.4, -0.2) is 57.9 Å². The van der Waals surface area contributed by atoms with Gasteiger partial charge in [0.05, 0.1) is 18.6 Å². The van der Waals surface area contributed by atoms with Crippen LogP contribution >= 0.6 is 23.1 Å². The lowest BCUT2D eigenvalue weighted by molar-refractivity contribution is -0.128. The maximum absolute atomic E-state index is 12.5. The first-order valence-electron chi connectivity index (χ1n) is 8.94. The van der Waals surface area contributed by atoms with Crippen LogP contribution < -0.4 is 10.2 Å². The number of nitrogens with zero attached hydrogens (tertiary/aromatic N) is 5. The van der Waals surface area contributed by atoms with Crippen LogP contribution in [0.4, 0.5) is 10.9 Å². The highest BCUT2D eigenvalue weighted by Gasteiger charge is 2.22. The molecule has 0 aromatic carbocycles. The molecule has 146 valence electrons. The zero-order valence-corrected chi connectivity index (χ0v) is 16.8. The van der Waals surface area contributed by atoms with E-state index in [2.05, 4.69) is 25.4 Å². The number of anilines is 2. The summed E-state index contributed by atoms with van der Waals surface area (Å²) in [5, 5.41) is 12.1. The first kappa shape index (κ1) is 18.8. The van der Waals surface area contributed by atoms with Crippen molar-refractivity contribution in [2.75, 3.05) is 42.1 Å². The van der Waals surface area contributed by atoms with Crippen molar-refractivity contribution in [1.29, 1.82) is 0 Å². The zero-order chi connectivity index (χ0) is 19.2. The van der Waals surface area contributed by atoms with Gasteiger partial charge in [-0.05, 0) is 24.3 Å². The van der Waals surface area contributed by atoms with Gasteiger partial charge in [0.2, 0.25) is 11.0 Å². The van der Waals surface area contributed by atoms with E-state index in [1.54, 1.807) is 12.5 Å². The van der Waals surface area contributed by atoms with Crippen molar-refractivity contribution in [3.63, 3.8) is 0 Å². The summed E-state index contributed by atoms with van der Waals surface area (Å²) in [6, 6.07) is 9.64. The Morgan fingerprint density at radius 2 is 2.07 bits per heavy atom. The molecule has 4 heterocycles. The van der Waals surface area contributed by atoms with Gasteiger partial charge in [0.1, 0.15) is 11.6 Å². The summed E-state index contributed by atoms with van der Waals surface area (Å²) in [7, 11) is 0. The third-order valence-electron chi connectivity index (χ3n) is 4.33. The van der Waals surface area contributed by atoms with E-state index < -0.39 is 0 Å². The summed E-state index contributed by atoms with van der Waals surface area (Å²) in [5.74, 6) is 2.30. The molecule has 0 saturated carbocycles. The van der Waals surface area contributed by atoms with E-state index in [1.165, 1.54) is 23.1 Å². The van der Waals surface area contributed by atoms with E-state index in [-0.39, 0.29) is 5.91 Å². The van der Waals surface area contributed by atoms with Gasteiger partial charge in [0.15, 0.2) is 4.34 Å². The molecule has 3 aromatic rings. The minimum Gasteiger partial charge on any atom is -0.467 e. The number of amides is 1. The van der Waals surface area contributed by atoms with Crippen LogP contribution in [0.3, 0.4) is 0 Å². The van der Waals surface area contributed by atoms with Gasteiger partial charge in [0.25, 0.3) is 0 Å². The van der Waals surface area contributed by atoms with Crippen molar-refractivity contribution < 1.29 is 9.21 Å². The average molecular weight is 417 g/mol. The minimum atomic E-state index is 0.131. The molecule has 1 N–H and O–H groups in total. The monoisotopic (exact) mass is 416 g/mol. The Morgan fingerprint density at radius 3 is 2.82 bits per heavy atom. The first-order valence-corrected chi connectivity index (χ1v) is 10.7. The molecule has 0 radical (unpaired) electrons. The van der Waals surface area contributed by atoms with Crippen LogP contribution in [0, 0.1) is 0 Å². The van der Waals surface area contributed by atoms with E-state index >= 15 is 0 Å². The molecule has 1 fully saturated rings. The van der Waals surface area contributed by atoms with E-state index in [1.807, 2.05) is 35.2 Å². The number of pyridine rings is 1. The largest absolute Gasteiger partial charge is 0.467 e. The van der Waals surface area contributed by atoms with Crippen LogP contribution in [0.25, 0.3) is 0 Å². The average Bonchev–Trinajstić information content (AvgIpc) is 3.43. The lowest BCUT2D eigenvalue weighted by Crippen LogP contribution is -2.49. The molecule has 28 heavy (non-hydrogen) atoms. The normalized spacial score (nSPS) is 14.3. The molecule has 0 atom stereocenters. The van der Waals surface area contributed by atoms with Gasteiger partial charge < -0.3 is 19.5 Å². The van der Waals surface area contributed by atoms with Crippen LogP contribution in [0.2, 0.25) is 0 Å². The Bertz CT molecular complexity index is 879. The number of nitrogens with one attached hydrogen (secondary N) is 1. The Kier molecular flexibility index (Phi) is 6.07. The molecule has 8 nitrogen and oxygen atoms in total. The summed E-state index contributed by atoms with van der Waals surface area (Å²) in [5.41, 5.74) is 0. The molecular formula is C18H20N6O2S2. The highest BCUT2D eigenvalue weighted by molar-refractivity contribution is 8.01. The Labute approximate surface area is 171 Å². The van der Waals surface area contributed by atoms with Gasteiger partial charge in [-0.3, -0.25) is 4.79 Å². The van der Waals surface area contributed by atoms with E-state index in [4.69, 9.17) is 4.42 Å². The van der Waals surface area contributed by atoms with Crippen molar-refractivity contribution in [3.8, 4) is 0 Å². The predicted octanol–water partition coefficient (Wildman–Crippen LogP) is 2.58. The number of carbonyl (C=O) groups excluding carboxylic acids is 1. The quantitative estimate of drug-likeness (QED) is 0.588. The van der Waals surface area contributed by atoms with Gasteiger partial charge in [-0.2, -0.15) is 0 Å². The summed E-state index contributed by atoms with van der Waals surface area (Å²) >= 11 is 2.87. The fourth-order valence-electron chi connectivity index (χ4n) is 2.86. The van der Waals surface area contributed by atoms with Crippen LogP contribution in [0.1, 0.15) is 5.76 Å². The van der Waals surface area contributed by atoms with Crippen molar-refractivity contribution in [2.24, 2.45) is 0 Å². The number of hydrogen-bond donors (Lipinski definition) is 1. The molecule has 0 spiro atoms. The topological polar surface area (TPSA) is 87.4 Å². The maximum atomic E-state index is 12.5.